The van der Waals surface area contributed by atoms with Crippen LogP contribution in [0.4, 0.5) is 15.8 Å². The number of aliphatic hydroxyl groups excluding tert-OH is 1. The second-order valence-electron chi connectivity index (χ2n) is 7.29. The zero-order chi connectivity index (χ0) is 17.7. The Bertz CT molecular complexity index is 573. The van der Waals surface area contributed by atoms with Crippen molar-refractivity contribution in [3.05, 3.63) is 24.0 Å². The Morgan fingerprint density at radius 1 is 1.33 bits per heavy atom. The fourth-order valence-electron chi connectivity index (χ4n) is 2.80. The summed E-state index contributed by atoms with van der Waals surface area (Å²) in [6.45, 7) is 8.47. The SMILES string of the molecule is CC(=O)NC[C@H](O)CNc1ccc(N2CC[Si](C)(C)CC2)c(F)c1. The van der Waals surface area contributed by atoms with Crippen LogP contribution < -0.4 is 15.5 Å². The molecule has 0 saturated carbocycles. The molecule has 3 N–H and O–H groups in total. The molecule has 0 unspecified atom stereocenters. The van der Waals surface area contributed by atoms with Gasteiger partial charge in [-0.05, 0) is 30.3 Å². The van der Waals surface area contributed by atoms with Crippen molar-refractivity contribution in [1.29, 1.82) is 0 Å². The van der Waals surface area contributed by atoms with Crippen molar-refractivity contribution in [1.82, 2.24) is 5.32 Å². The summed E-state index contributed by atoms with van der Waals surface area (Å²) in [5, 5.41) is 15.3. The molecule has 2 rings (SSSR count). The number of aliphatic hydroxyl groups is 1. The molecule has 5 nitrogen and oxygen atoms in total. The Kier molecular flexibility index (Phi) is 6.23. The molecule has 0 radical (unpaired) electrons. The predicted octanol–water partition coefficient (Wildman–Crippen LogP) is 2.26. The van der Waals surface area contributed by atoms with Crippen LogP contribution in [0.1, 0.15) is 6.92 Å². The first kappa shape index (κ1) is 18.7. The van der Waals surface area contributed by atoms with E-state index >= 15 is 0 Å². The molecule has 0 aliphatic carbocycles. The summed E-state index contributed by atoms with van der Waals surface area (Å²) < 4.78 is 14.4. The van der Waals surface area contributed by atoms with E-state index in [1.807, 2.05) is 6.07 Å². The molecule has 0 aromatic heterocycles. The predicted molar refractivity (Wildman–Crippen MR) is 98.9 cm³/mol. The van der Waals surface area contributed by atoms with Crippen LogP contribution in [0.2, 0.25) is 25.2 Å². The highest BCUT2D eigenvalue weighted by atomic mass is 28.3. The Balaban J connectivity index is 1.89. The molecule has 1 aromatic rings. The Hall–Kier alpha value is -1.60. The maximum atomic E-state index is 14.4. The largest absolute Gasteiger partial charge is 0.389 e. The molecule has 134 valence electrons. The van der Waals surface area contributed by atoms with Crippen LogP contribution in [0.25, 0.3) is 0 Å². The summed E-state index contributed by atoms with van der Waals surface area (Å²) in [5.41, 5.74) is 1.29. The third-order valence-electron chi connectivity index (χ3n) is 4.53. The minimum Gasteiger partial charge on any atom is -0.389 e. The lowest BCUT2D eigenvalue weighted by Crippen LogP contribution is -2.43. The minimum absolute atomic E-state index is 0.177. The van der Waals surface area contributed by atoms with E-state index in [0.29, 0.717) is 11.4 Å². The average Bonchev–Trinajstić information content (AvgIpc) is 2.51. The summed E-state index contributed by atoms with van der Waals surface area (Å²) in [4.78, 5) is 12.9. The van der Waals surface area contributed by atoms with E-state index in [9.17, 15) is 14.3 Å². The van der Waals surface area contributed by atoms with Crippen molar-refractivity contribution in [3.8, 4) is 0 Å². The molecule has 1 heterocycles. The zero-order valence-corrected chi connectivity index (χ0v) is 15.7. The van der Waals surface area contributed by atoms with Gasteiger partial charge in [0.2, 0.25) is 5.91 Å². The van der Waals surface area contributed by atoms with Crippen molar-refractivity contribution >= 4 is 25.4 Å². The number of anilines is 2. The molecule has 24 heavy (non-hydrogen) atoms. The van der Waals surface area contributed by atoms with E-state index in [1.54, 1.807) is 6.07 Å². The molecule has 1 atom stereocenters. The normalized spacial score (nSPS) is 18.1. The highest BCUT2D eigenvalue weighted by Crippen LogP contribution is 2.29. The number of halogens is 1. The number of rotatable bonds is 6. The number of benzene rings is 1. The third-order valence-corrected chi connectivity index (χ3v) is 7.69. The zero-order valence-electron chi connectivity index (χ0n) is 14.7. The van der Waals surface area contributed by atoms with Crippen LogP contribution in [0, 0.1) is 5.82 Å². The number of hydrogen-bond acceptors (Lipinski definition) is 4. The van der Waals surface area contributed by atoms with Crippen LogP contribution in [0.15, 0.2) is 18.2 Å². The number of amides is 1. The number of hydrogen-bond donors (Lipinski definition) is 3. The van der Waals surface area contributed by atoms with Crippen molar-refractivity contribution in [2.45, 2.75) is 38.2 Å². The van der Waals surface area contributed by atoms with Gasteiger partial charge in [-0.25, -0.2) is 4.39 Å². The van der Waals surface area contributed by atoms with E-state index in [4.69, 9.17) is 0 Å². The molecule has 1 fully saturated rings. The second-order valence-corrected chi connectivity index (χ2v) is 12.6. The van der Waals surface area contributed by atoms with Crippen molar-refractivity contribution in [2.75, 3.05) is 36.4 Å². The van der Waals surface area contributed by atoms with Gasteiger partial charge in [0.1, 0.15) is 5.82 Å². The number of carbonyl (C=O) groups is 1. The highest BCUT2D eigenvalue weighted by molar-refractivity contribution is 6.77. The first-order valence-electron chi connectivity index (χ1n) is 8.48. The minimum atomic E-state index is -1.07. The molecule has 1 amide bonds. The lowest BCUT2D eigenvalue weighted by molar-refractivity contribution is -0.119. The highest BCUT2D eigenvalue weighted by Gasteiger charge is 2.28. The third kappa shape index (κ3) is 5.49. The summed E-state index contributed by atoms with van der Waals surface area (Å²) in [6, 6.07) is 7.50. The number of nitrogens with one attached hydrogen (secondary N) is 2. The van der Waals surface area contributed by atoms with Gasteiger partial charge in [0, 0.05) is 38.8 Å². The van der Waals surface area contributed by atoms with Crippen LogP contribution >= 0.6 is 0 Å². The second kappa shape index (κ2) is 7.98. The molecule has 1 aliphatic rings. The van der Waals surface area contributed by atoms with E-state index in [1.165, 1.54) is 25.1 Å². The van der Waals surface area contributed by atoms with Gasteiger partial charge in [0.05, 0.1) is 19.9 Å². The monoisotopic (exact) mass is 353 g/mol. The lowest BCUT2D eigenvalue weighted by Gasteiger charge is -2.37. The summed E-state index contributed by atoms with van der Waals surface area (Å²) in [5.74, 6) is -0.421. The molecule has 0 bridgehead atoms. The van der Waals surface area contributed by atoms with Gasteiger partial charge >= 0.3 is 0 Å². The quantitative estimate of drug-likeness (QED) is 0.687. The standard InChI is InChI=1S/C17H28FN3O2Si/c1-13(22)19-11-15(23)12-20-14-4-5-17(16(18)10-14)21-6-8-24(2,3)9-7-21/h4-5,10,15,20,23H,6-9,11-12H2,1-3H3,(H,19,22)/t15-/m0/s1. The van der Waals surface area contributed by atoms with Gasteiger partial charge in [-0.2, -0.15) is 0 Å². The smallest absolute Gasteiger partial charge is 0.216 e. The molecular weight excluding hydrogens is 325 g/mol. The van der Waals surface area contributed by atoms with Crippen LogP contribution in [-0.2, 0) is 4.79 Å². The number of nitrogens with zero attached hydrogens (tertiary/aromatic N) is 1. The molecule has 1 aromatic carbocycles. The number of carbonyl (C=O) groups excluding carboxylic acids is 1. The Morgan fingerprint density at radius 3 is 2.58 bits per heavy atom. The van der Waals surface area contributed by atoms with Gasteiger partial charge in [-0.1, -0.05) is 13.1 Å². The van der Waals surface area contributed by atoms with Crippen LogP contribution in [-0.4, -0.2) is 51.4 Å². The summed E-state index contributed by atoms with van der Waals surface area (Å²) in [6.07, 6.45) is -0.717. The van der Waals surface area contributed by atoms with Crippen molar-refractivity contribution < 1.29 is 14.3 Å². The molecule has 7 heteroatoms. The first-order chi connectivity index (χ1) is 11.3. The lowest BCUT2D eigenvalue weighted by atomic mass is 10.2. The fraction of sp³-hybridized carbons (Fsp3) is 0.588. The van der Waals surface area contributed by atoms with E-state index < -0.39 is 14.2 Å². The molecule has 1 saturated heterocycles. The van der Waals surface area contributed by atoms with Gasteiger partial charge < -0.3 is 20.6 Å². The fourth-order valence-corrected chi connectivity index (χ4v) is 4.80. The van der Waals surface area contributed by atoms with Gasteiger partial charge in [0.25, 0.3) is 0 Å². The average molecular weight is 354 g/mol. The van der Waals surface area contributed by atoms with Crippen molar-refractivity contribution in [3.63, 3.8) is 0 Å². The van der Waals surface area contributed by atoms with E-state index in [-0.39, 0.29) is 24.8 Å². The van der Waals surface area contributed by atoms with E-state index in [2.05, 4.69) is 28.6 Å². The van der Waals surface area contributed by atoms with Crippen LogP contribution in [0.5, 0.6) is 0 Å². The molecular formula is C17H28FN3O2Si. The maximum absolute atomic E-state index is 14.4. The van der Waals surface area contributed by atoms with Gasteiger partial charge in [-0.3, -0.25) is 4.79 Å². The van der Waals surface area contributed by atoms with Crippen LogP contribution in [0.3, 0.4) is 0 Å². The Morgan fingerprint density at radius 2 is 2.00 bits per heavy atom. The topological polar surface area (TPSA) is 64.6 Å². The molecule has 1 aliphatic heterocycles. The first-order valence-corrected chi connectivity index (χ1v) is 11.9. The summed E-state index contributed by atoms with van der Waals surface area (Å²) in [7, 11) is -1.07. The van der Waals surface area contributed by atoms with E-state index in [0.717, 1.165) is 13.1 Å². The summed E-state index contributed by atoms with van der Waals surface area (Å²) >= 11 is 0. The van der Waals surface area contributed by atoms with Gasteiger partial charge in [0.15, 0.2) is 0 Å². The van der Waals surface area contributed by atoms with Gasteiger partial charge in [-0.15, -0.1) is 0 Å². The van der Waals surface area contributed by atoms with Crippen molar-refractivity contribution in [2.24, 2.45) is 0 Å². The molecule has 0 spiro atoms. The maximum Gasteiger partial charge on any atom is 0.216 e. The Labute approximate surface area is 144 Å².